The number of aryl methyl sites for hydroxylation is 1. The number of halogens is 1. The maximum atomic E-state index is 6.15. The van der Waals surface area contributed by atoms with Gasteiger partial charge in [-0.1, -0.05) is 18.2 Å². The van der Waals surface area contributed by atoms with E-state index in [1.54, 1.807) is 6.20 Å². The standard InChI is InChI=1S/C14H18ClN3/c1-12(15)13-5-2-3-6-14(13)17-7-4-9-18-10-8-16-11-18/h2-3,5-6,8,10-12,17H,4,7,9H2,1H3. The summed E-state index contributed by atoms with van der Waals surface area (Å²) in [6.45, 7) is 3.90. The molecule has 3 nitrogen and oxygen atoms in total. The van der Waals surface area contributed by atoms with Crippen LogP contribution in [0.25, 0.3) is 0 Å². The van der Waals surface area contributed by atoms with Gasteiger partial charge in [0.05, 0.1) is 11.7 Å². The van der Waals surface area contributed by atoms with Crippen molar-refractivity contribution >= 4 is 17.3 Å². The summed E-state index contributed by atoms with van der Waals surface area (Å²) in [4.78, 5) is 4.02. The second-order valence-electron chi connectivity index (χ2n) is 4.28. The minimum Gasteiger partial charge on any atom is -0.385 e. The van der Waals surface area contributed by atoms with Crippen LogP contribution in [0, 0.1) is 0 Å². The Balaban J connectivity index is 1.83. The molecule has 0 aliphatic carbocycles. The van der Waals surface area contributed by atoms with E-state index in [0.717, 1.165) is 30.8 Å². The highest BCUT2D eigenvalue weighted by Crippen LogP contribution is 2.26. The second kappa shape index (κ2) is 6.45. The van der Waals surface area contributed by atoms with Crippen LogP contribution >= 0.6 is 11.6 Å². The van der Waals surface area contributed by atoms with Gasteiger partial charge < -0.3 is 9.88 Å². The molecule has 4 heteroatoms. The van der Waals surface area contributed by atoms with Crippen LogP contribution in [-0.4, -0.2) is 16.1 Å². The first-order valence-electron chi connectivity index (χ1n) is 6.20. The van der Waals surface area contributed by atoms with Gasteiger partial charge >= 0.3 is 0 Å². The van der Waals surface area contributed by atoms with Crippen LogP contribution in [-0.2, 0) is 6.54 Å². The van der Waals surface area contributed by atoms with Crippen LogP contribution in [0.15, 0.2) is 43.0 Å². The van der Waals surface area contributed by atoms with Gasteiger partial charge in [0.1, 0.15) is 0 Å². The first kappa shape index (κ1) is 13.0. The van der Waals surface area contributed by atoms with Crippen molar-refractivity contribution in [2.24, 2.45) is 0 Å². The average molecular weight is 264 g/mol. The van der Waals surface area contributed by atoms with Gasteiger partial charge in [0, 0.05) is 31.2 Å². The number of rotatable bonds is 6. The van der Waals surface area contributed by atoms with Gasteiger partial charge in [-0.15, -0.1) is 11.6 Å². The number of benzene rings is 1. The van der Waals surface area contributed by atoms with Crippen molar-refractivity contribution in [3.63, 3.8) is 0 Å². The summed E-state index contributed by atoms with van der Waals surface area (Å²) in [5, 5.41) is 3.47. The predicted molar refractivity (Wildman–Crippen MR) is 76.0 cm³/mol. The minimum atomic E-state index is 0.0300. The van der Waals surface area contributed by atoms with Gasteiger partial charge in [0.25, 0.3) is 0 Å². The molecule has 1 N–H and O–H groups in total. The molecule has 0 radical (unpaired) electrons. The summed E-state index contributed by atoms with van der Waals surface area (Å²) < 4.78 is 2.08. The number of hydrogen-bond donors (Lipinski definition) is 1. The fourth-order valence-electron chi connectivity index (χ4n) is 1.91. The molecular formula is C14H18ClN3. The largest absolute Gasteiger partial charge is 0.385 e. The number of hydrogen-bond acceptors (Lipinski definition) is 2. The highest BCUT2D eigenvalue weighted by Gasteiger charge is 2.06. The maximum absolute atomic E-state index is 6.15. The van der Waals surface area contributed by atoms with E-state index in [0.29, 0.717) is 0 Å². The molecule has 0 bridgehead atoms. The molecule has 18 heavy (non-hydrogen) atoms. The van der Waals surface area contributed by atoms with Crippen molar-refractivity contribution in [2.45, 2.75) is 25.3 Å². The fourth-order valence-corrected chi connectivity index (χ4v) is 2.10. The summed E-state index contributed by atoms with van der Waals surface area (Å²) in [5.74, 6) is 0. The third-order valence-electron chi connectivity index (χ3n) is 2.86. The molecule has 1 unspecified atom stereocenters. The van der Waals surface area contributed by atoms with Gasteiger partial charge in [-0.25, -0.2) is 4.98 Å². The number of para-hydroxylation sites is 1. The lowest BCUT2D eigenvalue weighted by molar-refractivity contribution is 0.660. The molecule has 0 spiro atoms. The highest BCUT2D eigenvalue weighted by molar-refractivity contribution is 6.21. The molecule has 0 saturated carbocycles. The Hall–Kier alpha value is -1.48. The zero-order valence-corrected chi connectivity index (χ0v) is 11.3. The average Bonchev–Trinajstić information content (AvgIpc) is 2.88. The Morgan fingerprint density at radius 3 is 2.94 bits per heavy atom. The normalized spacial score (nSPS) is 12.3. The van der Waals surface area contributed by atoms with E-state index in [4.69, 9.17) is 11.6 Å². The van der Waals surface area contributed by atoms with E-state index < -0.39 is 0 Å². The minimum absolute atomic E-state index is 0.0300. The molecule has 0 fully saturated rings. The van der Waals surface area contributed by atoms with E-state index in [9.17, 15) is 0 Å². The summed E-state index contributed by atoms with van der Waals surface area (Å²) >= 11 is 6.15. The van der Waals surface area contributed by atoms with E-state index in [2.05, 4.69) is 27.0 Å². The number of imidazole rings is 1. The molecule has 0 saturated heterocycles. The molecule has 1 aromatic carbocycles. The van der Waals surface area contributed by atoms with Gasteiger partial charge in [-0.3, -0.25) is 0 Å². The quantitative estimate of drug-likeness (QED) is 0.636. The van der Waals surface area contributed by atoms with Gasteiger partial charge in [-0.05, 0) is 25.0 Å². The third-order valence-corrected chi connectivity index (χ3v) is 3.09. The van der Waals surface area contributed by atoms with Crippen molar-refractivity contribution in [3.05, 3.63) is 48.5 Å². The summed E-state index contributed by atoms with van der Waals surface area (Å²) in [6, 6.07) is 8.19. The van der Waals surface area contributed by atoms with Crippen LogP contribution in [0.4, 0.5) is 5.69 Å². The highest BCUT2D eigenvalue weighted by atomic mass is 35.5. The SMILES string of the molecule is CC(Cl)c1ccccc1NCCCn1ccnc1. The van der Waals surface area contributed by atoms with Gasteiger partial charge in [-0.2, -0.15) is 0 Å². The van der Waals surface area contributed by atoms with Crippen LogP contribution in [0.3, 0.4) is 0 Å². The van der Waals surface area contributed by atoms with E-state index in [-0.39, 0.29) is 5.38 Å². The van der Waals surface area contributed by atoms with E-state index in [1.807, 2.05) is 31.6 Å². The molecule has 0 aliphatic rings. The van der Waals surface area contributed by atoms with E-state index in [1.165, 1.54) is 0 Å². The molecule has 1 heterocycles. The zero-order valence-electron chi connectivity index (χ0n) is 10.5. The second-order valence-corrected chi connectivity index (χ2v) is 4.94. The number of alkyl halides is 1. The number of nitrogens with one attached hydrogen (secondary N) is 1. The third kappa shape index (κ3) is 3.50. The van der Waals surface area contributed by atoms with E-state index >= 15 is 0 Å². The van der Waals surface area contributed by atoms with Gasteiger partial charge in [0.15, 0.2) is 0 Å². The molecule has 2 aromatic rings. The van der Waals surface area contributed by atoms with Crippen LogP contribution in [0.2, 0.25) is 0 Å². The molecule has 0 amide bonds. The van der Waals surface area contributed by atoms with Crippen molar-refractivity contribution < 1.29 is 0 Å². The molecule has 1 atom stereocenters. The molecule has 96 valence electrons. The Kier molecular flexibility index (Phi) is 4.65. The van der Waals surface area contributed by atoms with Crippen molar-refractivity contribution in [3.8, 4) is 0 Å². The Morgan fingerprint density at radius 2 is 2.22 bits per heavy atom. The number of nitrogens with zero attached hydrogens (tertiary/aromatic N) is 2. The topological polar surface area (TPSA) is 29.9 Å². The van der Waals surface area contributed by atoms with Crippen LogP contribution < -0.4 is 5.32 Å². The lowest BCUT2D eigenvalue weighted by Crippen LogP contribution is -2.07. The smallest absolute Gasteiger partial charge is 0.0945 e. The molecule has 1 aromatic heterocycles. The van der Waals surface area contributed by atoms with Crippen LogP contribution in [0.1, 0.15) is 24.3 Å². The van der Waals surface area contributed by atoms with Gasteiger partial charge in [0.2, 0.25) is 0 Å². The van der Waals surface area contributed by atoms with Crippen molar-refractivity contribution in [2.75, 3.05) is 11.9 Å². The lowest BCUT2D eigenvalue weighted by atomic mass is 10.1. The fraction of sp³-hybridized carbons (Fsp3) is 0.357. The molecular weight excluding hydrogens is 246 g/mol. The molecule has 0 aliphatic heterocycles. The first-order chi connectivity index (χ1) is 8.77. The van der Waals surface area contributed by atoms with Crippen molar-refractivity contribution in [1.82, 2.24) is 9.55 Å². The monoisotopic (exact) mass is 263 g/mol. The predicted octanol–water partition coefficient (Wildman–Crippen LogP) is 3.69. The van der Waals surface area contributed by atoms with Crippen molar-refractivity contribution in [1.29, 1.82) is 0 Å². The Bertz CT molecular complexity index is 466. The number of anilines is 1. The lowest BCUT2D eigenvalue weighted by Gasteiger charge is -2.13. The first-order valence-corrected chi connectivity index (χ1v) is 6.63. The Labute approximate surface area is 113 Å². The molecule has 2 rings (SSSR count). The summed E-state index contributed by atoms with van der Waals surface area (Å²) in [5.41, 5.74) is 2.28. The number of aromatic nitrogens is 2. The van der Waals surface area contributed by atoms with Crippen LogP contribution in [0.5, 0.6) is 0 Å². The Morgan fingerprint density at radius 1 is 1.39 bits per heavy atom. The summed E-state index contributed by atoms with van der Waals surface area (Å²) in [7, 11) is 0. The summed E-state index contributed by atoms with van der Waals surface area (Å²) in [6.07, 6.45) is 6.68. The maximum Gasteiger partial charge on any atom is 0.0945 e. The zero-order chi connectivity index (χ0) is 12.8.